The van der Waals surface area contributed by atoms with Crippen molar-refractivity contribution in [2.24, 2.45) is 5.92 Å². The number of amides is 1. The lowest BCUT2D eigenvalue weighted by Crippen LogP contribution is -2.40. The van der Waals surface area contributed by atoms with E-state index in [2.05, 4.69) is 6.07 Å². The molecule has 0 aliphatic carbocycles. The van der Waals surface area contributed by atoms with Crippen molar-refractivity contribution in [2.75, 3.05) is 6.54 Å². The van der Waals surface area contributed by atoms with Gasteiger partial charge in [-0.1, -0.05) is 68.4 Å². The number of carbonyl (C=O) groups is 2. The molecule has 28 heavy (non-hydrogen) atoms. The fourth-order valence-corrected chi connectivity index (χ4v) is 3.29. The van der Waals surface area contributed by atoms with Crippen molar-refractivity contribution in [3.05, 3.63) is 71.3 Å². The number of rotatable bonds is 6. The Morgan fingerprint density at radius 3 is 2.39 bits per heavy atom. The van der Waals surface area contributed by atoms with Gasteiger partial charge in [0.2, 0.25) is 6.10 Å². The molecule has 0 aromatic heterocycles. The van der Waals surface area contributed by atoms with Crippen LogP contribution in [0.15, 0.2) is 54.6 Å². The number of esters is 1. The highest BCUT2D eigenvalue weighted by Crippen LogP contribution is 2.20. The van der Waals surface area contributed by atoms with Crippen LogP contribution in [-0.4, -0.2) is 29.6 Å². The second kappa shape index (κ2) is 9.40. The van der Waals surface area contributed by atoms with Crippen molar-refractivity contribution >= 4 is 12.1 Å². The Morgan fingerprint density at radius 1 is 1.00 bits per heavy atom. The fraction of sp³-hybridized carbons (Fsp3) is 0.391. The van der Waals surface area contributed by atoms with Gasteiger partial charge >= 0.3 is 12.1 Å². The SMILES string of the molecule is CC(C)C[C@H](OC(=O)N1CCc2ccccc2C1)C(=O)OCc1ccccc1. The number of hydrogen-bond donors (Lipinski definition) is 0. The summed E-state index contributed by atoms with van der Waals surface area (Å²) in [6.07, 6.45) is -0.132. The van der Waals surface area contributed by atoms with Crippen LogP contribution >= 0.6 is 0 Å². The van der Waals surface area contributed by atoms with Crippen molar-refractivity contribution in [3.8, 4) is 0 Å². The smallest absolute Gasteiger partial charge is 0.410 e. The Balaban J connectivity index is 1.60. The van der Waals surface area contributed by atoms with E-state index in [-0.39, 0.29) is 12.5 Å². The number of ether oxygens (including phenoxy) is 2. The second-order valence-corrected chi connectivity index (χ2v) is 7.54. The van der Waals surface area contributed by atoms with Gasteiger partial charge in [0.1, 0.15) is 6.61 Å². The number of nitrogens with zero attached hydrogens (tertiary/aromatic N) is 1. The van der Waals surface area contributed by atoms with Crippen molar-refractivity contribution in [3.63, 3.8) is 0 Å². The Labute approximate surface area is 166 Å². The normalized spacial score (nSPS) is 14.3. The molecule has 2 aromatic rings. The van der Waals surface area contributed by atoms with Gasteiger partial charge in [-0.05, 0) is 35.4 Å². The lowest BCUT2D eigenvalue weighted by Gasteiger charge is -2.29. The minimum atomic E-state index is -0.895. The van der Waals surface area contributed by atoms with E-state index in [1.807, 2.05) is 62.4 Å². The minimum absolute atomic E-state index is 0.170. The molecule has 1 aliphatic rings. The second-order valence-electron chi connectivity index (χ2n) is 7.54. The largest absolute Gasteiger partial charge is 0.458 e. The van der Waals surface area contributed by atoms with E-state index in [1.165, 1.54) is 5.56 Å². The maximum atomic E-state index is 12.7. The molecule has 1 amide bonds. The summed E-state index contributed by atoms with van der Waals surface area (Å²) in [5.41, 5.74) is 3.28. The Bertz CT molecular complexity index is 803. The molecule has 148 valence electrons. The highest BCUT2D eigenvalue weighted by Gasteiger charge is 2.29. The van der Waals surface area contributed by atoms with Crippen LogP contribution in [-0.2, 0) is 33.8 Å². The number of fused-ring (bicyclic) bond motifs is 1. The lowest BCUT2D eigenvalue weighted by atomic mass is 10.0. The van der Waals surface area contributed by atoms with Crippen LogP contribution in [0.25, 0.3) is 0 Å². The molecular weight excluding hydrogens is 354 g/mol. The first-order chi connectivity index (χ1) is 13.5. The monoisotopic (exact) mass is 381 g/mol. The average molecular weight is 381 g/mol. The van der Waals surface area contributed by atoms with Crippen molar-refractivity contribution < 1.29 is 19.1 Å². The zero-order valence-corrected chi connectivity index (χ0v) is 16.5. The van der Waals surface area contributed by atoms with Crippen LogP contribution in [0.3, 0.4) is 0 Å². The standard InChI is InChI=1S/C23H27NO4/c1-17(2)14-21(22(25)27-16-18-8-4-3-5-9-18)28-23(26)24-13-12-19-10-6-7-11-20(19)15-24/h3-11,17,21H,12-16H2,1-2H3/t21-/m0/s1. The molecule has 2 aromatic carbocycles. The molecule has 5 heteroatoms. The lowest BCUT2D eigenvalue weighted by molar-refractivity contribution is -0.156. The van der Waals surface area contributed by atoms with E-state index in [1.54, 1.807) is 4.90 Å². The van der Waals surface area contributed by atoms with Gasteiger partial charge in [0, 0.05) is 13.1 Å². The quantitative estimate of drug-likeness (QED) is 0.699. The number of hydrogen-bond acceptors (Lipinski definition) is 4. The van der Waals surface area contributed by atoms with Crippen LogP contribution in [0.4, 0.5) is 4.79 Å². The van der Waals surface area contributed by atoms with Gasteiger partial charge in [-0.3, -0.25) is 0 Å². The average Bonchev–Trinajstić information content (AvgIpc) is 2.71. The highest BCUT2D eigenvalue weighted by atomic mass is 16.6. The van der Waals surface area contributed by atoms with Crippen molar-refractivity contribution in [2.45, 2.75) is 45.9 Å². The molecule has 3 rings (SSSR count). The maximum Gasteiger partial charge on any atom is 0.410 e. The van der Waals surface area contributed by atoms with E-state index in [4.69, 9.17) is 9.47 Å². The zero-order chi connectivity index (χ0) is 19.9. The summed E-state index contributed by atoms with van der Waals surface area (Å²) in [4.78, 5) is 26.9. The Hall–Kier alpha value is -2.82. The Morgan fingerprint density at radius 2 is 1.68 bits per heavy atom. The first kappa shape index (κ1) is 19.9. The molecular formula is C23H27NO4. The van der Waals surface area contributed by atoms with Gasteiger partial charge in [-0.2, -0.15) is 0 Å². The van der Waals surface area contributed by atoms with E-state index < -0.39 is 18.2 Å². The molecule has 0 fully saturated rings. The Kier molecular flexibility index (Phi) is 6.69. The third-order valence-corrected chi connectivity index (χ3v) is 4.80. The summed E-state index contributed by atoms with van der Waals surface area (Å²) in [6.45, 7) is 5.24. The molecule has 1 atom stereocenters. The first-order valence-corrected chi connectivity index (χ1v) is 9.76. The van der Waals surface area contributed by atoms with Crippen LogP contribution in [0.1, 0.15) is 37.0 Å². The zero-order valence-electron chi connectivity index (χ0n) is 16.5. The van der Waals surface area contributed by atoms with E-state index in [9.17, 15) is 9.59 Å². The first-order valence-electron chi connectivity index (χ1n) is 9.76. The van der Waals surface area contributed by atoms with Crippen LogP contribution < -0.4 is 0 Å². The topological polar surface area (TPSA) is 55.8 Å². The van der Waals surface area contributed by atoms with Crippen LogP contribution in [0.5, 0.6) is 0 Å². The summed E-state index contributed by atoms with van der Waals surface area (Å²) < 4.78 is 11.0. The molecule has 0 radical (unpaired) electrons. The van der Waals surface area contributed by atoms with Gasteiger partial charge in [-0.25, -0.2) is 9.59 Å². The highest BCUT2D eigenvalue weighted by molar-refractivity contribution is 5.79. The molecule has 1 aliphatic heterocycles. The van der Waals surface area contributed by atoms with E-state index >= 15 is 0 Å². The van der Waals surface area contributed by atoms with Gasteiger partial charge in [0.05, 0.1) is 0 Å². The molecule has 5 nitrogen and oxygen atoms in total. The summed E-state index contributed by atoms with van der Waals surface area (Å²) in [5, 5.41) is 0. The minimum Gasteiger partial charge on any atom is -0.458 e. The predicted molar refractivity (Wildman–Crippen MR) is 107 cm³/mol. The van der Waals surface area contributed by atoms with E-state index in [0.717, 1.165) is 17.5 Å². The third-order valence-electron chi connectivity index (χ3n) is 4.80. The van der Waals surface area contributed by atoms with Crippen molar-refractivity contribution in [1.82, 2.24) is 4.90 Å². The number of benzene rings is 2. The van der Waals surface area contributed by atoms with Crippen LogP contribution in [0, 0.1) is 5.92 Å². The summed E-state index contributed by atoms with van der Waals surface area (Å²) >= 11 is 0. The fourth-order valence-electron chi connectivity index (χ4n) is 3.29. The van der Waals surface area contributed by atoms with E-state index in [0.29, 0.717) is 19.5 Å². The van der Waals surface area contributed by atoms with Gasteiger partial charge in [0.25, 0.3) is 0 Å². The summed E-state index contributed by atoms with van der Waals surface area (Å²) in [7, 11) is 0. The molecule has 0 N–H and O–H groups in total. The van der Waals surface area contributed by atoms with Crippen molar-refractivity contribution in [1.29, 1.82) is 0 Å². The van der Waals surface area contributed by atoms with Gasteiger partial charge in [0.15, 0.2) is 0 Å². The molecule has 0 saturated heterocycles. The van der Waals surface area contributed by atoms with Gasteiger partial charge in [-0.15, -0.1) is 0 Å². The maximum absolute atomic E-state index is 12.7. The molecule has 0 unspecified atom stereocenters. The molecule has 0 bridgehead atoms. The molecule has 0 saturated carbocycles. The molecule has 1 heterocycles. The van der Waals surface area contributed by atoms with Gasteiger partial charge < -0.3 is 14.4 Å². The molecule has 0 spiro atoms. The van der Waals surface area contributed by atoms with Crippen LogP contribution in [0.2, 0.25) is 0 Å². The number of carbonyl (C=O) groups excluding carboxylic acids is 2. The third kappa shape index (κ3) is 5.35. The summed E-state index contributed by atoms with van der Waals surface area (Å²) in [5.74, 6) is -0.299. The summed E-state index contributed by atoms with van der Waals surface area (Å²) in [6, 6.07) is 17.6. The predicted octanol–water partition coefficient (Wildman–Crippen LogP) is 4.34.